The first-order valence-corrected chi connectivity index (χ1v) is 4.49. The van der Waals surface area contributed by atoms with E-state index in [1.54, 1.807) is 6.92 Å². The average Bonchev–Trinajstić information content (AvgIpc) is 1.99. The third-order valence-corrected chi connectivity index (χ3v) is 1.89. The predicted octanol–water partition coefficient (Wildman–Crippen LogP) is 1.92. The SMILES string of the molecule is CCC(CC)NC(=O)[C@H](C)Cl. The Bertz CT molecular complexity index is 121. The van der Waals surface area contributed by atoms with Crippen molar-refractivity contribution in [3.8, 4) is 0 Å². The molecule has 0 saturated carbocycles. The van der Waals surface area contributed by atoms with Crippen molar-refractivity contribution in [2.45, 2.75) is 45.0 Å². The number of halogens is 1. The molecule has 66 valence electrons. The van der Waals surface area contributed by atoms with Crippen LogP contribution >= 0.6 is 11.6 Å². The third-order valence-electron chi connectivity index (χ3n) is 1.69. The molecule has 1 amide bonds. The molecule has 0 aromatic heterocycles. The smallest absolute Gasteiger partial charge is 0.237 e. The lowest BCUT2D eigenvalue weighted by Gasteiger charge is -2.15. The van der Waals surface area contributed by atoms with Gasteiger partial charge in [0.2, 0.25) is 5.91 Å². The van der Waals surface area contributed by atoms with E-state index in [0.717, 1.165) is 12.8 Å². The second-order valence-corrected chi connectivity index (χ2v) is 3.29. The lowest BCUT2D eigenvalue weighted by atomic mass is 10.2. The molecule has 0 bridgehead atoms. The second kappa shape index (κ2) is 5.42. The van der Waals surface area contributed by atoms with Gasteiger partial charge < -0.3 is 5.32 Å². The minimum atomic E-state index is -0.421. The quantitative estimate of drug-likeness (QED) is 0.654. The second-order valence-electron chi connectivity index (χ2n) is 2.64. The Morgan fingerprint density at radius 2 is 1.91 bits per heavy atom. The van der Waals surface area contributed by atoms with Gasteiger partial charge in [0.15, 0.2) is 0 Å². The van der Waals surface area contributed by atoms with Crippen molar-refractivity contribution in [3.63, 3.8) is 0 Å². The molecule has 0 aliphatic carbocycles. The average molecular weight is 178 g/mol. The molecule has 0 unspecified atom stereocenters. The van der Waals surface area contributed by atoms with Crippen molar-refractivity contribution in [1.82, 2.24) is 5.32 Å². The first-order valence-electron chi connectivity index (χ1n) is 4.06. The number of alkyl halides is 1. The van der Waals surface area contributed by atoms with E-state index < -0.39 is 5.38 Å². The highest BCUT2D eigenvalue weighted by atomic mass is 35.5. The molecule has 3 heteroatoms. The fraction of sp³-hybridized carbons (Fsp3) is 0.875. The van der Waals surface area contributed by atoms with Crippen LogP contribution in [0.5, 0.6) is 0 Å². The lowest BCUT2D eigenvalue weighted by Crippen LogP contribution is -2.37. The Labute approximate surface area is 73.3 Å². The zero-order valence-electron chi connectivity index (χ0n) is 7.36. The van der Waals surface area contributed by atoms with Crippen molar-refractivity contribution in [1.29, 1.82) is 0 Å². The summed E-state index contributed by atoms with van der Waals surface area (Å²) in [5.74, 6) is -0.0691. The summed E-state index contributed by atoms with van der Waals surface area (Å²) in [6.07, 6.45) is 1.93. The Balaban J connectivity index is 3.72. The van der Waals surface area contributed by atoms with Crippen LogP contribution < -0.4 is 5.32 Å². The van der Waals surface area contributed by atoms with Gasteiger partial charge in [0.1, 0.15) is 5.38 Å². The number of amides is 1. The van der Waals surface area contributed by atoms with Crippen LogP contribution in [0.2, 0.25) is 0 Å². The number of hydrogen-bond acceptors (Lipinski definition) is 1. The van der Waals surface area contributed by atoms with E-state index in [9.17, 15) is 4.79 Å². The molecule has 0 spiro atoms. The zero-order chi connectivity index (χ0) is 8.85. The fourth-order valence-electron chi connectivity index (χ4n) is 0.809. The van der Waals surface area contributed by atoms with Crippen LogP contribution in [-0.4, -0.2) is 17.3 Å². The maximum atomic E-state index is 11.0. The van der Waals surface area contributed by atoms with Crippen LogP contribution in [0.4, 0.5) is 0 Å². The molecule has 0 aromatic carbocycles. The van der Waals surface area contributed by atoms with Crippen LogP contribution in [0, 0.1) is 0 Å². The number of carbonyl (C=O) groups excluding carboxylic acids is 1. The molecule has 11 heavy (non-hydrogen) atoms. The Hall–Kier alpha value is -0.240. The summed E-state index contributed by atoms with van der Waals surface area (Å²) in [4.78, 5) is 11.0. The highest BCUT2D eigenvalue weighted by Crippen LogP contribution is 1.99. The van der Waals surface area contributed by atoms with E-state index in [0.29, 0.717) is 0 Å². The summed E-state index contributed by atoms with van der Waals surface area (Å²) in [7, 11) is 0. The predicted molar refractivity (Wildman–Crippen MR) is 47.8 cm³/mol. The highest BCUT2D eigenvalue weighted by molar-refractivity contribution is 6.30. The van der Waals surface area contributed by atoms with E-state index in [-0.39, 0.29) is 11.9 Å². The molecular weight excluding hydrogens is 162 g/mol. The van der Waals surface area contributed by atoms with Crippen LogP contribution in [0.1, 0.15) is 33.6 Å². The third kappa shape index (κ3) is 4.25. The van der Waals surface area contributed by atoms with Gasteiger partial charge in [0.05, 0.1) is 0 Å². The Kier molecular flexibility index (Phi) is 5.30. The van der Waals surface area contributed by atoms with Crippen molar-refractivity contribution in [2.75, 3.05) is 0 Å². The zero-order valence-corrected chi connectivity index (χ0v) is 8.11. The topological polar surface area (TPSA) is 29.1 Å². The van der Waals surface area contributed by atoms with Gasteiger partial charge in [-0.15, -0.1) is 11.6 Å². The highest BCUT2D eigenvalue weighted by Gasteiger charge is 2.12. The molecule has 0 aliphatic heterocycles. The van der Waals surface area contributed by atoms with E-state index >= 15 is 0 Å². The largest absolute Gasteiger partial charge is 0.352 e. The van der Waals surface area contributed by atoms with E-state index in [1.807, 2.05) is 13.8 Å². The normalized spacial score (nSPS) is 13.2. The van der Waals surface area contributed by atoms with Crippen molar-refractivity contribution in [3.05, 3.63) is 0 Å². The number of nitrogens with one attached hydrogen (secondary N) is 1. The standard InChI is InChI=1S/C8H16ClNO/c1-4-7(5-2)10-8(11)6(3)9/h6-7H,4-5H2,1-3H3,(H,10,11)/t6-/m0/s1. The van der Waals surface area contributed by atoms with Crippen molar-refractivity contribution in [2.24, 2.45) is 0 Å². The molecule has 0 rings (SSSR count). The maximum Gasteiger partial charge on any atom is 0.237 e. The summed E-state index contributed by atoms with van der Waals surface area (Å²) < 4.78 is 0. The molecule has 0 heterocycles. The van der Waals surface area contributed by atoms with Gasteiger partial charge >= 0.3 is 0 Å². The van der Waals surface area contributed by atoms with Gasteiger partial charge in [0, 0.05) is 6.04 Å². The molecule has 0 radical (unpaired) electrons. The monoisotopic (exact) mass is 177 g/mol. The maximum absolute atomic E-state index is 11.0. The van der Waals surface area contributed by atoms with Gasteiger partial charge in [-0.3, -0.25) is 4.79 Å². The van der Waals surface area contributed by atoms with Gasteiger partial charge in [-0.2, -0.15) is 0 Å². The van der Waals surface area contributed by atoms with Gasteiger partial charge in [0.25, 0.3) is 0 Å². The van der Waals surface area contributed by atoms with E-state index in [1.165, 1.54) is 0 Å². The summed E-state index contributed by atoms with van der Waals surface area (Å²) >= 11 is 5.57. The van der Waals surface area contributed by atoms with E-state index in [2.05, 4.69) is 5.32 Å². The number of rotatable bonds is 4. The number of hydrogen-bond donors (Lipinski definition) is 1. The molecular formula is C8H16ClNO. The summed E-state index contributed by atoms with van der Waals surface area (Å²) in [5, 5.41) is 2.42. The van der Waals surface area contributed by atoms with Gasteiger partial charge in [-0.05, 0) is 19.8 Å². The number of carbonyl (C=O) groups is 1. The van der Waals surface area contributed by atoms with Crippen LogP contribution in [0.25, 0.3) is 0 Å². The molecule has 1 N–H and O–H groups in total. The first kappa shape index (κ1) is 10.8. The van der Waals surface area contributed by atoms with E-state index in [4.69, 9.17) is 11.6 Å². The van der Waals surface area contributed by atoms with Crippen LogP contribution in [0.3, 0.4) is 0 Å². The molecule has 0 aliphatic rings. The first-order chi connectivity index (χ1) is 5.11. The molecule has 0 fully saturated rings. The lowest BCUT2D eigenvalue weighted by molar-refractivity contribution is -0.121. The Morgan fingerprint density at radius 3 is 2.18 bits per heavy atom. The molecule has 0 aromatic rings. The van der Waals surface area contributed by atoms with Crippen LogP contribution in [-0.2, 0) is 4.79 Å². The summed E-state index contributed by atoms with van der Waals surface area (Å²) in [5.41, 5.74) is 0. The fourth-order valence-corrected chi connectivity index (χ4v) is 0.872. The van der Waals surface area contributed by atoms with Crippen LogP contribution in [0.15, 0.2) is 0 Å². The van der Waals surface area contributed by atoms with Gasteiger partial charge in [-0.25, -0.2) is 0 Å². The van der Waals surface area contributed by atoms with Crippen molar-refractivity contribution >= 4 is 17.5 Å². The molecule has 0 saturated heterocycles. The van der Waals surface area contributed by atoms with Crippen molar-refractivity contribution < 1.29 is 4.79 Å². The summed E-state index contributed by atoms with van der Waals surface area (Å²) in [6.45, 7) is 5.78. The minimum absolute atomic E-state index is 0.0691. The molecule has 2 nitrogen and oxygen atoms in total. The Morgan fingerprint density at radius 1 is 1.45 bits per heavy atom. The van der Waals surface area contributed by atoms with Gasteiger partial charge in [-0.1, -0.05) is 13.8 Å². The minimum Gasteiger partial charge on any atom is -0.352 e. The molecule has 1 atom stereocenters. The summed E-state index contributed by atoms with van der Waals surface area (Å²) in [6, 6.07) is 0.281.